The minimum atomic E-state index is -0.500. The molecule has 0 saturated carbocycles. The third kappa shape index (κ3) is 3.03. The molecule has 2 N–H and O–H groups in total. The van der Waals surface area contributed by atoms with E-state index in [-0.39, 0.29) is 12.3 Å². The van der Waals surface area contributed by atoms with E-state index in [1.165, 1.54) is 0 Å². The van der Waals surface area contributed by atoms with E-state index >= 15 is 0 Å². The summed E-state index contributed by atoms with van der Waals surface area (Å²) in [4.78, 5) is 19.8. The fourth-order valence-electron chi connectivity index (χ4n) is 2.26. The first-order valence-electron chi connectivity index (χ1n) is 7.06. The van der Waals surface area contributed by atoms with E-state index in [0.29, 0.717) is 12.3 Å². The first-order valence-corrected chi connectivity index (χ1v) is 8.76. The number of nitrogens with zero attached hydrogens (tertiary/aromatic N) is 4. The van der Waals surface area contributed by atoms with Crippen LogP contribution in [-0.2, 0) is 17.6 Å². The molecule has 4 rings (SSSR count). The average Bonchev–Trinajstić information content (AvgIpc) is 3.26. The van der Waals surface area contributed by atoms with Gasteiger partial charge in [-0.25, -0.2) is 9.97 Å². The van der Waals surface area contributed by atoms with Crippen molar-refractivity contribution in [2.75, 3.05) is 0 Å². The van der Waals surface area contributed by atoms with Gasteiger partial charge in [0.05, 0.1) is 16.6 Å². The third-order valence-electron chi connectivity index (χ3n) is 3.25. The summed E-state index contributed by atoms with van der Waals surface area (Å²) in [6.07, 6.45) is 2.17. The van der Waals surface area contributed by atoms with Crippen molar-refractivity contribution in [1.82, 2.24) is 20.2 Å². The number of primary amides is 1. The average molecular weight is 357 g/mol. The van der Waals surface area contributed by atoms with Crippen LogP contribution in [0.2, 0.25) is 0 Å². The monoisotopic (exact) mass is 357 g/mol. The molecule has 1 amide bonds. The number of rotatable bonds is 5. The van der Waals surface area contributed by atoms with Crippen molar-refractivity contribution in [3.05, 3.63) is 46.6 Å². The number of thiazole rings is 2. The van der Waals surface area contributed by atoms with Gasteiger partial charge in [0.15, 0.2) is 0 Å². The standard InChI is InChI=1S/C15H11N5O2S2/c16-11(21)6-12-19-20-13(22-12)7-14-18-9-2-1-8(5-10(9)24-14)15-17-3-4-23-15/h1-5H,6-7H2,(H2,16,21). The first-order chi connectivity index (χ1) is 11.7. The molecule has 0 aliphatic heterocycles. The van der Waals surface area contributed by atoms with E-state index in [4.69, 9.17) is 10.2 Å². The second kappa shape index (κ2) is 6.10. The first kappa shape index (κ1) is 14.9. The lowest BCUT2D eigenvalue weighted by molar-refractivity contribution is -0.117. The van der Waals surface area contributed by atoms with Gasteiger partial charge < -0.3 is 10.2 Å². The highest BCUT2D eigenvalue weighted by atomic mass is 32.1. The molecule has 24 heavy (non-hydrogen) atoms. The molecular formula is C15H11N5O2S2. The number of hydrogen-bond acceptors (Lipinski definition) is 8. The van der Waals surface area contributed by atoms with E-state index < -0.39 is 5.91 Å². The fraction of sp³-hybridized carbons (Fsp3) is 0.133. The van der Waals surface area contributed by atoms with Gasteiger partial charge in [0, 0.05) is 17.1 Å². The van der Waals surface area contributed by atoms with Gasteiger partial charge in [-0.2, -0.15) is 0 Å². The molecule has 0 bridgehead atoms. The van der Waals surface area contributed by atoms with Gasteiger partial charge in [-0.3, -0.25) is 4.79 Å². The molecule has 0 fully saturated rings. The predicted molar refractivity (Wildman–Crippen MR) is 90.7 cm³/mol. The zero-order valence-electron chi connectivity index (χ0n) is 12.3. The normalized spacial score (nSPS) is 11.2. The molecule has 0 aliphatic carbocycles. The summed E-state index contributed by atoms with van der Waals surface area (Å²) in [5.74, 6) is 0.148. The van der Waals surface area contributed by atoms with Crippen molar-refractivity contribution < 1.29 is 9.21 Å². The number of nitrogens with two attached hydrogens (primary N) is 1. The molecule has 3 heterocycles. The molecule has 0 atom stereocenters. The zero-order chi connectivity index (χ0) is 16.5. The van der Waals surface area contributed by atoms with Crippen molar-refractivity contribution in [2.24, 2.45) is 5.73 Å². The van der Waals surface area contributed by atoms with Crippen LogP contribution < -0.4 is 5.73 Å². The molecule has 0 spiro atoms. The van der Waals surface area contributed by atoms with Crippen LogP contribution in [0.3, 0.4) is 0 Å². The minimum absolute atomic E-state index is 0.0516. The van der Waals surface area contributed by atoms with E-state index in [0.717, 1.165) is 25.8 Å². The zero-order valence-corrected chi connectivity index (χ0v) is 13.9. The number of benzene rings is 1. The van der Waals surface area contributed by atoms with Crippen molar-refractivity contribution in [3.8, 4) is 10.6 Å². The Balaban J connectivity index is 1.58. The Hall–Kier alpha value is -2.65. The summed E-state index contributed by atoms with van der Waals surface area (Å²) >= 11 is 3.18. The van der Waals surface area contributed by atoms with Gasteiger partial charge in [0.2, 0.25) is 17.7 Å². The van der Waals surface area contributed by atoms with Crippen molar-refractivity contribution in [3.63, 3.8) is 0 Å². The highest BCUT2D eigenvalue weighted by molar-refractivity contribution is 7.18. The molecule has 1 aromatic carbocycles. The molecule has 3 aromatic heterocycles. The number of carbonyl (C=O) groups is 1. The van der Waals surface area contributed by atoms with Crippen LogP contribution in [0.1, 0.15) is 16.8 Å². The Morgan fingerprint density at radius 3 is 2.92 bits per heavy atom. The predicted octanol–water partition coefficient (Wildman–Crippen LogP) is 2.42. The number of fused-ring (bicyclic) bond motifs is 1. The topological polar surface area (TPSA) is 108 Å². The lowest BCUT2D eigenvalue weighted by Crippen LogP contribution is -2.13. The lowest BCUT2D eigenvalue weighted by atomic mass is 10.2. The van der Waals surface area contributed by atoms with Crippen LogP contribution in [0.15, 0.2) is 34.2 Å². The van der Waals surface area contributed by atoms with Crippen molar-refractivity contribution in [2.45, 2.75) is 12.8 Å². The Kier molecular flexibility index (Phi) is 3.79. The largest absolute Gasteiger partial charge is 0.424 e. The number of aromatic nitrogens is 4. The summed E-state index contributed by atoms with van der Waals surface area (Å²) in [6, 6.07) is 6.09. The summed E-state index contributed by atoms with van der Waals surface area (Å²) in [6.45, 7) is 0. The van der Waals surface area contributed by atoms with Gasteiger partial charge in [0.1, 0.15) is 16.4 Å². The molecule has 7 nitrogen and oxygen atoms in total. The Labute approximate surface area is 144 Å². The molecule has 0 aliphatic rings. The maximum absolute atomic E-state index is 10.9. The number of hydrogen-bond donors (Lipinski definition) is 1. The molecule has 9 heteroatoms. The number of carbonyl (C=O) groups excluding carboxylic acids is 1. The van der Waals surface area contributed by atoms with E-state index in [1.54, 1.807) is 28.9 Å². The van der Waals surface area contributed by atoms with Gasteiger partial charge in [-0.15, -0.1) is 32.9 Å². The van der Waals surface area contributed by atoms with E-state index in [1.807, 2.05) is 17.5 Å². The molecule has 120 valence electrons. The molecular weight excluding hydrogens is 346 g/mol. The second-order valence-electron chi connectivity index (χ2n) is 5.04. The van der Waals surface area contributed by atoms with Gasteiger partial charge in [-0.05, 0) is 18.2 Å². The van der Waals surface area contributed by atoms with Gasteiger partial charge in [-0.1, -0.05) is 0 Å². The Morgan fingerprint density at radius 2 is 2.12 bits per heavy atom. The summed E-state index contributed by atoms with van der Waals surface area (Å²) in [5.41, 5.74) is 7.11. The summed E-state index contributed by atoms with van der Waals surface area (Å²) < 4.78 is 6.49. The summed E-state index contributed by atoms with van der Waals surface area (Å²) in [5, 5.41) is 11.5. The van der Waals surface area contributed by atoms with Crippen LogP contribution >= 0.6 is 22.7 Å². The maximum atomic E-state index is 10.9. The van der Waals surface area contributed by atoms with Crippen LogP contribution in [-0.4, -0.2) is 26.1 Å². The maximum Gasteiger partial charge on any atom is 0.226 e. The number of amides is 1. The highest BCUT2D eigenvalue weighted by Gasteiger charge is 2.13. The van der Waals surface area contributed by atoms with Crippen LogP contribution in [0.25, 0.3) is 20.8 Å². The Bertz CT molecular complexity index is 1010. The van der Waals surface area contributed by atoms with Gasteiger partial charge >= 0.3 is 0 Å². The molecule has 4 aromatic rings. The smallest absolute Gasteiger partial charge is 0.226 e. The third-order valence-corrected chi connectivity index (χ3v) is 5.09. The molecule has 0 saturated heterocycles. The fourth-order valence-corrected chi connectivity index (χ4v) is 3.89. The SMILES string of the molecule is NC(=O)Cc1nnc(Cc2nc3ccc(-c4nccs4)cc3s2)o1. The quantitative estimate of drug-likeness (QED) is 0.588. The van der Waals surface area contributed by atoms with Crippen LogP contribution in [0.4, 0.5) is 0 Å². The molecule has 0 unspecified atom stereocenters. The summed E-state index contributed by atoms with van der Waals surface area (Å²) in [7, 11) is 0. The van der Waals surface area contributed by atoms with Crippen molar-refractivity contribution >= 4 is 38.8 Å². The van der Waals surface area contributed by atoms with E-state index in [9.17, 15) is 4.79 Å². The lowest BCUT2D eigenvalue weighted by Gasteiger charge is -1.94. The van der Waals surface area contributed by atoms with Crippen molar-refractivity contribution in [1.29, 1.82) is 0 Å². The van der Waals surface area contributed by atoms with Crippen LogP contribution in [0.5, 0.6) is 0 Å². The van der Waals surface area contributed by atoms with Gasteiger partial charge in [0.25, 0.3) is 0 Å². The Morgan fingerprint density at radius 1 is 1.25 bits per heavy atom. The molecule has 0 radical (unpaired) electrons. The second-order valence-corrected chi connectivity index (χ2v) is 7.05. The van der Waals surface area contributed by atoms with E-state index in [2.05, 4.69) is 26.2 Å². The highest BCUT2D eigenvalue weighted by Crippen LogP contribution is 2.30. The van der Waals surface area contributed by atoms with Crippen LogP contribution in [0, 0.1) is 0 Å². The minimum Gasteiger partial charge on any atom is -0.424 e.